The molecule has 0 saturated carbocycles. The molecule has 0 spiro atoms. The normalized spacial score (nSPS) is 10.2. The molecule has 0 amide bonds. The fraction of sp³-hybridized carbons (Fsp3) is 0.417. The Labute approximate surface area is 100 Å². The van der Waals surface area contributed by atoms with Crippen LogP contribution in [0.1, 0.15) is 5.56 Å². The number of hydrogen-bond acceptors (Lipinski definition) is 5. The van der Waals surface area contributed by atoms with Crippen LogP contribution >= 0.6 is 0 Å². The van der Waals surface area contributed by atoms with Crippen molar-refractivity contribution in [2.45, 2.75) is 12.6 Å². The van der Waals surface area contributed by atoms with Crippen molar-refractivity contribution in [3.05, 3.63) is 29.8 Å². The summed E-state index contributed by atoms with van der Waals surface area (Å²) in [7, 11) is 0. The molecule has 0 unspecified atom stereocenters. The first kappa shape index (κ1) is 13.5. The van der Waals surface area contributed by atoms with Crippen molar-refractivity contribution < 1.29 is 14.9 Å². The van der Waals surface area contributed by atoms with Crippen LogP contribution in [0.2, 0.25) is 0 Å². The highest BCUT2D eigenvalue weighted by Gasteiger charge is 2.04. The number of nitrogens with zero attached hydrogens (tertiary/aromatic N) is 1. The zero-order valence-corrected chi connectivity index (χ0v) is 9.47. The number of ether oxygens (including phenoxy) is 1. The summed E-state index contributed by atoms with van der Waals surface area (Å²) in [6.45, 7) is 0.402. The minimum atomic E-state index is -0.301. The number of aliphatic hydroxyl groups excluding tert-OH is 2. The Balaban J connectivity index is 2.42. The number of nitrogens with one attached hydrogen (secondary N) is 1. The van der Waals surface area contributed by atoms with Crippen LogP contribution in [-0.2, 0) is 6.54 Å². The van der Waals surface area contributed by atoms with E-state index < -0.39 is 0 Å². The molecule has 0 aliphatic rings. The van der Waals surface area contributed by atoms with E-state index in [1.165, 1.54) is 0 Å². The number of nitriles is 1. The van der Waals surface area contributed by atoms with Gasteiger partial charge in [-0.3, -0.25) is 0 Å². The molecule has 92 valence electrons. The highest BCUT2D eigenvalue weighted by atomic mass is 16.5. The van der Waals surface area contributed by atoms with Crippen molar-refractivity contribution in [2.24, 2.45) is 0 Å². The molecule has 0 radical (unpaired) electrons. The van der Waals surface area contributed by atoms with Gasteiger partial charge in [0.2, 0.25) is 0 Å². The highest BCUT2D eigenvalue weighted by molar-refractivity contribution is 5.27. The van der Waals surface area contributed by atoms with Gasteiger partial charge in [0.15, 0.2) is 6.61 Å². The van der Waals surface area contributed by atoms with Crippen molar-refractivity contribution in [1.29, 1.82) is 5.26 Å². The molecule has 1 aromatic rings. The fourth-order valence-corrected chi connectivity index (χ4v) is 1.27. The van der Waals surface area contributed by atoms with Crippen LogP contribution in [0.3, 0.4) is 0 Å². The second-order valence-corrected chi connectivity index (χ2v) is 3.53. The summed E-state index contributed by atoms with van der Waals surface area (Å²) in [5, 5.41) is 29.1. The molecular formula is C12H16N2O3. The maximum atomic E-state index is 8.87. The molecule has 5 heteroatoms. The van der Waals surface area contributed by atoms with Crippen molar-refractivity contribution in [2.75, 3.05) is 19.8 Å². The maximum absolute atomic E-state index is 8.87. The first-order valence-corrected chi connectivity index (χ1v) is 5.34. The molecule has 0 saturated heterocycles. The summed E-state index contributed by atoms with van der Waals surface area (Å²) < 4.78 is 5.12. The molecule has 5 nitrogen and oxygen atoms in total. The summed E-state index contributed by atoms with van der Waals surface area (Å²) in [4.78, 5) is 0. The second-order valence-electron chi connectivity index (χ2n) is 3.53. The minimum absolute atomic E-state index is 0.0364. The smallest absolute Gasteiger partial charge is 0.174 e. The first-order valence-electron chi connectivity index (χ1n) is 5.34. The van der Waals surface area contributed by atoms with Crippen LogP contribution in [0, 0.1) is 11.3 Å². The molecule has 0 fully saturated rings. The van der Waals surface area contributed by atoms with Gasteiger partial charge in [0, 0.05) is 6.54 Å². The fourth-order valence-electron chi connectivity index (χ4n) is 1.27. The maximum Gasteiger partial charge on any atom is 0.174 e. The van der Waals surface area contributed by atoms with E-state index in [-0.39, 0.29) is 25.9 Å². The van der Waals surface area contributed by atoms with Crippen molar-refractivity contribution in [3.8, 4) is 11.8 Å². The lowest BCUT2D eigenvalue weighted by Gasteiger charge is -2.13. The largest absolute Gasteiger partial charge is 0.479 e. The third kappa shape index (κ3) is 4.83. The Bertz CT molecular complexity index is 355. The van der Waals surface area contributed by atoms with Gasteiger partial charge in [0.05, 0.1) is 19.3 Å². The van der Waals surface area contributed by atoms with Crippen LogP contribution < -0.4 is 10.1 Å². The van der Waals surface area contributed by atoms with Crippen LogP contribution in [-0.4, -0.2) is 36.1 Å². The number of hydrogen-bond donors (Lipinski definition) is 3. The second kappa shape index (κ2) is 7.63. The van der Waals surface area contributed by atoms with Gasteiger partial charge in [-0.1, -0.05) is 12.1 Å². The Kier molecular flexibility index (Phi) is 6.04. The predicted octanol–water partition coefficient (Wildman–Crippen LogP) is 0.0318. The third-order valence-corrected chi connectivity index (χ3v) is 2.26. The van der Waals surface area contributed by atoms with Crippen LogP contribution in [0.5, 0.6) is 5.75 Å². The molecule has 1 rings (SSSR count). The molecule has 0 aliphatic heterocycles. The standard InChI is InChI=1S/C12H16N2O3/c13-5-6-17-12-3-1-10(2-4-12)7-14-11(8-15)9-16/h1-4,11,14-16H,6-9H2. The van der Waals surface area contributed by atoms with E-state index in [0.717, 1.165) is 5.56 Å². The zero-order valence-electron chi connectivity index (χ0n) is 9.47. The summed E-state index contributed by atoms with van der Waals surface area (Å²) in [6, 6.07) is 8.89. The molecule has 17 heavy (non-hydrogen) atoms. The number of aliphatic hydroxyl groups is 2. The lowest BCUT2D eigenvalue weighted by atomic mass is 10.2. The van der Waals surface area contributed by atoms with Gasteiger partial charge >= 0.3 is 0 Å². The van der Waals surface area contributed by atoms with E-state index in [2.05, 4.69) is 5.32 Å². The number of benzene rings is 1. The summed E-state index contributed by atoms with van der Waals surface area (Å²) in [5.41, 5.74) is 1.02. The van der Waals surface area contributed by atoms with Crippen molar-refractivity contribution in [1.82, 2.24) is 5.32 Å². The quantitative estimate of drug-likeness (QED) is 0.622. The monoisotopic (exact) mass is 236 g/mol. The third-order valence-electron chi connectivity index (χ3n) is 2.26. The average Bonchev–Trinajstić information content (AvgIpc) is 2.39. The molecule has 3 N–H and O–H groups in total. The summed E-state index contributed by atoms with van der Waals surface area (Å²) in [5.74, 6) is 0.649. The lowest BCUT2D eigenvalue weighted by Crippen LogP contribution is -2.35. The van der Waals surface area contributed by atoms with E-state index in [0.29, 0.717) is 12.3 Å². The first-order chi connectivity index (χ1) is 8.30. The van der Waals surface area contributed by atoms with E-state index in [1.807, 2.05) is 18.2 Å². The summed E-state index contributed by atoms with van der Waals surface area (Å²) >= 11 is 0. The molecule has 0 aliphatic carbocycles. The predicted molar refractivity (Wildman–Crippen MR) is 62.3 cm³/mol. The molecule has 0 bridgehead atoms. The zero-order chi connectivity index (χ0) is 12.5. The van der Waals surface area contributed by atoms with Crippen molar-refractivity contribution >= 4 is 0 Å². The molecule has 0 aromatic heterocycles. The topological polar surface area (TPSA) is 85.5 Å². The average molecular weight is 236 g/mol. The number of rotatable bonds is 7. The Morgan fingerprint density at radius 1 is 1.24 bits per heavy atom. The lowest BCUT2D eigenvalue weighted by molar-refractivity contribution is 0.170. The Morgan fingerprint density at radius 2 is 1.88 bits per heavy atom. The highest BCUT2D eigenvalue weighted by Crippen LogP contribution is 2.11. The van der Waals surface area contributed by atoms with Crippen LogP contribution in [0.4, 0.5) is 0 Å². The van der Waals surface area contributed by atoms with Gasteiger partial charge < -0.3 is 20.3 Å². The molecule has 1 aromatic carbocycles. The summed E-state index contributed by atoms with van der Waals surface area (Å²) in [6.07, 6.45) is 0. The molecule has 0 atom stereocenters. The van der Waals surface area contributed by atoms with Gasteiger partial charge in [-0.2, -0.15) is 5.26 Å². The van der Waals surface area contributed by atoms with Gasteiger partial charge in [-0.25, -0.2) is 0 Å². The minimum Gasteiger partial charge on any atom is -0.479 e. The van der Waals surface area contributed by atoms with Crippen LogP contribution in [0.25, 0.3) is 0 Å². The Morgan fingerprint density at radius 3 is 2.41 bits per heavy atom. The SMILES string of the molecule is N#CCOc1ccc(CNC(CO)CO)cc1. The van der Waals surface area contributed by atoms with E-state index >= 15 is 0 Å². The molecular weight excluding hydrogens is 220 g/mol. The van der Waals surface area contributed by atoms with E-state index in [1.54, 1.807) is 12.1 Å². The van der Waals surface area contributed by atoms with Crippen molar-refractivity contribution in [3.63, 3.8) is 0 Å². The molecule has 0 heterocycles. The Hall–Kier alpha value is -1.61. The van der Waals surface area contributed by atoms with E-state index in [4.69, 9.17) is 20.2 Å². The van der Waals surface area contributed by atoms with E-state index in [9.17, 15) is 0 Å². The van der Waals surface area contributed by atoms with Crippen LogP contribution in [0.15, 0.2) is 24.3 Å². The van der Waals surface area contributed by atoms with Gasteiger partial charge in [-0.15, -0.1) is 0 Å². The van der Waals surface area contributed by atoms with Gasteiger partial charge in [0.1, 0.15) is 11.8 Å². The van der Waals surface area contributed by atoms with Gasteiger partial charge in [-0.05, 0) is 17.7 Å². The van der Waals surface area contributed by atoms with Gasteiger partial charge in [0.25, 0.3) is 0 Å².